The van der Waals surface area contributed by atoms with Crippen LogP contribution in [-0.2, 0) is 10.2 Å². The molecular weight excluding hydrogens is 216 g/mol. The summed E-state index contributed by atoms with van der Waals surface area (Å²) in [5, 5.41) is 9.53. The average Bonchev–Trinajstić information content (AvgIpc) is 2.17. The minimum atomic E-state index is -1.02. The quantitative estimate of drug-likeness (QED) is 0.865. The Hall–Kier alpha value is -1.22. The van der Waals surface area contributed by atoms with Crippen LogP contribution < -0.4 is 4.74 Å². The van der Waals surface area contributed by atoms with Crippen LogP contribution in [0.5, 0.6) is 5.75 Å². The van der Waals surface area contributed by atoms with Crippen molar-refractivity contribution in [3.05, 3.63) is 28.8 Å². The van der Waals surface area contributed by atoms with Crippen LogP contribution in [0.15, 0.2) is 18.2 Å². The van der Waals surface area contributed by atoms with E-state index in [9.17, 15) is 4.79 Å². The van der Waals surface area contributed by atoms with Crippen LogP contribution >= 0.6 is 11.6 Å². The molecule has 0 aliphatic rings. The molecule has 0 spiro atoms. The number of para-hydroxylation sites is 1. The first kappa shape index (κ1) is 11.9. The molecule has 0 saturated carbocycles. The number of methoxy groups -OCH3 is 1. The fourth-order valence-electron chi connectivity index (χ4n) is 1.32. The zero-order valence-electron chi connectivity index (χ0n) is 8.87. The average molecular weight is 229 g/mol. The van der Waals surface area contributed by atoms with E-state index in [-0.39, 0.29) is 0 Å². The van der Waals surface area contributed by atoms with Crippen LogP contribution in [0.25, 0.3) is 0 Å². The predicted octanol–water partition coefficient (Wildman–Crippen LogP) is 2.71. The Morgan fingerprint density at radius 2 is 2.07 bits per heavy atom. The molecule has 1 aromatic rings. The van der Waals surface area contributed by atoms with Crippen molar-refractivity contribution < 1.29 is 14.6 Å². The molecule has 0 aliphatic heterocycles. The van der Waals surface area contributed by atoms with Crippen LogP contribution in [-0.4, -0.2) is 18.2 Å². The van der Waals surface area contributed by atoms with Gasteiger partial charge in [-0.3, -0.25) is 4.79 Å². The third-order valence-corrected chi connectivity index (χ3v) is 2.68. The summed E-state index contributed by atoms with van der Waals surface area (Å²) >= 11 is 5.92. The van der Waals surface area contributed by atoms with Gasteiger partial charge in [-0.2, -0.15) is 0 Å². The Labute approximate surface area is 93.6 Å². The molecule has 0 saturated heterocycles. The third kappa shape index (κ3) is 2.07. The van der Waals surface area contributed by atoms with Gasteiger partial charge in [0, 0.05) is 5.56 Å². The lowest BCUT2D eigenvalue weighted by Gasteiger charge is -2.22. The van der Waals surface area contributed by atoms with Gasteiger partial charge in [0.1, 0.15) is 5.75 Å². The second-order valence-corrected chi connectivity index (χ2v) is 4.16. The number of carbonyl (C=O) groups is 1. The molecule has 0 aliphatic carbocycles. The fraction of sp³-hybridized carbons (Fsp3) is 0.364. The first-order valence-corrected chi connectivity index (χ1v) is 4.85. The van der Waals surface area contributed by atoms with E-state index in [4.69, 9.17) is 21.4 Å². The maximum atomic E-state index is 11.1. The highest BCUT2D eigenvalue weighted by Gasteiger charge is 2.33. The van der Waals surface area contributed by atoms with E-state index >= 15 is 0 Å². The van der Waals surface area contributed by atoms with Crippen molar-refractivity contribution in [2.24, 2.45) is 0 Å². The molecule has 15 heavy (non-hydrogen) atoms. The van der Waals surface area contributed by atoms with E-state index in [1.54, 1.807) is 32.0 Å². The number of hydrogen-bond acceptors (Lipinski definition) is 2. The van der Waals surface area contributed by atoms with Crippen LogP contribution in [0.2, 0.25) is 5.02 Å². The van der Waals surface area contributed by atoms with E-state index < -0.39 is 11.4 Å². The third-order valence-electron chi connectivity index (χ3n) is 2.38. The molecule has 0 radical (unpaired) electrons. The molecular formula is C11H13ClO3. The summed E-state index contributed by atoms with van der Waals surface area (Å²) in [7, 11) is 1.47. The molecule has 0 atom stereocenters. The molecule has 0 aromatic heterocycles. The maximum absolute atomic E-state index is 11.1. The zero-order chi connectivity index (χ0) is 11.6. The molecule has 1 N–H and O–H groups in total. The van der Waals surface area contributed by atoms with Crippen molar-refractivity contribution in [1.82, 2.24) is 0 Å². The summed E-state index contributed by atoms with van der Waals surface area (Å²) in [5.41, 5.74) is -0.444. The summed E-state index contributed by atoms with van der Waals surface area (Å²) in [6.45, 7) is 3.23. The number of carboxylic acids is 1. The van der Waals surface area contributed by atoms with Crippen molar-refractivity contribution in [2.75, 3.05) is 7.11 Å². The van der Waals surface area contributed by atoms with Crippen molar-refractivity contribution in [3.8, 4) is 5.75 Å². The summed E-state index contributed by atoms with van der Waals surface area (Å²) in [4.78, 5) is 11.1. The standard InChI is InChI=1S/C11H13ClO3/c1-11(2,10(13)14)7-5-4-6-8(12)9(7)15-3/h4-6H,1-3H3,(H,13,14). The minimum absolute atomic E-state index is 0.421. The zero-order valence-corrected chi connectivity index (χ0v) is 9.63. The van der Waals surface area contributed by atoms with Gasteiger partial charge < -0.3 is 9.84 Å². The Morgan fingerprint density at radius 3 is 2.53 bits per heavy atom. The van der Waals surface area contributed by atoms with Crippen LogP contribution in [0, 0.1) is 0 Å². The molecule has 0 unspecified atom stereocenters. The number of hydrogen-bond donors (Lipinski definition) is 1. The lowest BCUT2D eigenvalue weighted by molar-refractivity contribution is -0.142. The monoisotopic (exact) mass is 228 g/mol. The van der Waals surface area contributed by atoms with Gasteiger partial charge in [0.25, 0.3) is 0 Å². The normalized spacial score (nSPS) is 11.2. The number of benzene rings is 1. The van der Waals surface area contributed by atoms with Gasteiger partial charge in [-0.25, -0.2) is 0 Å². The van der Waals surface area contributed by atoms with Crippen molar-refractivity contribution in [1.29, 1.82) is 0 Å². The lowest BCUT2D eigenvalue weighted by atomic mass is 9.84. The number of halogens is 1. The fourth-order valence-corrected chi connectivity index (χ4v) is 1.58. The Bertz CT molecular complexity index is 385. The largest absolute Gasteiger partial charge is 0.495 e. The second kappa shape index (κ2) is 4.11. The molecule has 4 heteroatoms. The molecule has 0 fully saturated rings. The van der Waals surface area contributed by atoms with E-state index in [0.717, 1.165) is 0 Å². The summed E-state index contributed by atoms with van der Waals surface area (Å²) < 4.78 is 5.12. The van der Waals surface area contributed by atoms with Gasteiger partial charge in [-0.15, -0.1) is 0 Å². The molecule has 0 heterocycles. The van der Waals surface area contributed by atoms with Crippen LogP contribution in [0.4, 0.5) is 0 Å². The Kier molecular flexibility index (Phi) is 3.25. The van der Waals surface area contributed by atoms with Gasteiger partial charge in [0.2, 0.25) is 0 Å². The van der Waals surface area contributed by atoms with Crippen LogP contribution in [0.3, 0.4) is 0 Å². The summed E-state index contributed by atoms with van der Waals surface area (Å²) in [6, 6.07) is 5.09. The Balaban J connectivity index is 3.37. The molecule has 1 aromatic carbocycles. The molecule has 82 valence electrons. The molecule has 0 bridgehead atoms. The molecule has 1 rings (SSSR count). The Morgan fingerprint density at radius 1 is 1.47 bits per heavy atom. The van der Waals surface area contributed by atoms with E-state index in [1.807, 2.05) is 0 Å². The van der Waals surface area contributed by atoms with Gasteiger partial charge >= 0.3 is 5.97 Å². The highest BCUT2D eigenvalue weighted by molar-refractivity contribution is 6.32. The summed E-state index contributed by atoms with van der Waals surface area (Å²) in [5.74, 6) is -0.491. The van der Waals surface area contributed by atoms with Crippen molar-refractivity contribution in [3.63, 3.8) is 0 Å². The maximum Gasteiger partial charge on any atom is 0.313 e. The van der Waals surface area contributed by atoms with E-state index in [0.29, 0.717) is 16.3 Å². The first-order chi connectivity index (χ1) is 6.91. The van der Waals surface area contributed by atoms with E-state index in [2.05, 4.69) is 0 Å². The number of ether oxygens (including phenoxy) is 1. The van der Waals surface area contributed by atoms with Crippen molar-refractivity contribution in [2.45, 2.75) is 19.3 Å². The van der Waals surface area contributed by atoms with Gasteiger partial charge in [-0.05, 0) is 19.9 Å². The second-order valence-electron chi connectivity index (χ2n) is 3.75. The highest BCUT2D eigenvalue weighted by atomic mass is 35.5. The van der Waals surface area contributed by atoms with Gasteiger partial charge in [0.05, 0.1) is 17.5 Å². The topological polar surface area (TPSA) is 46.5 Å². The van der Waals surface area contributed by atoms with Gasteiger partial charge in [0.15, 0.2) is 0 Å². The minimum Gasteiger partial charge on any atom is -0.495 e. The number of aliphatic carboxylic acids is 1. The number of carboxylic acid groups (broad SMARTS) is 1. The van der Waals surface area contributed by atoms with Crippen LogP contribution in [0.1, 0.15) is 19.4 Å². The highest BCUT2D eigenvalue weighted by Crippen LogP contribution is 2.36. The summed E-state index contributed by atoms with van der Waals surface area (Å²) in [6.07, 6.45) is 0. The molecule has 3 nitrogen and oxygen atoms in total. The van der Waals surface area contributed by atoms with E-state index in [1.165, 1.54) is 7.11 Å². The SMILES string of the molecule is COc1c(Cl)cccc1C(C)(C)C(=O)O. The first-order valence-electron chi connectivity index (χ1n) is 4.47. The van der Waals surface area contributed by atoms with Gasteiger partial charge in [-0.1, -0.05) is 23.7 Å². The van der Waals surface area contributed by atoms with Crippen molar-refractivity contribution >= 4 is 17.6 Å². The lowest BCUT2D eigenvalue weighted by Crippen LogP contribution is -2.29. The molecule has 0 amide bonds. The smallest absolute Gasteiger partial charge is 0.313 e. The number of rotatable bonds is 3. The predicted molar refractivity (Wildman–Crippen MR) is 58.7 cm³/mol.